The molecule has 0 amide bonds. The predicted molar refractivity (Wildman–Crippen MR) is 74.3 cm³/mol. The number of nitrogens with zero attached hydrogens (tertiary/aromatic N) is 2. The number of rotatable bonds is 4. The van der Waals surface area contributed by atoms with Gasteiger partial charge in [0.2, 0.25) is 5.88 Å². The Labute approximate surface area is 109 Å². The van der Waals surface area contributed by atoms with E-state index in [4.69, 9.17) is 4.74 Å². The molecule has 0 bridgehead atoms. The lowest BCUT2D eigenvalue weighted by atomic mass is 10.0. The molecule has 1 atom stereocenters. The molecule has 1 unspecified atom stereocenters. The van der Waals surface area contributed by atoms with Crippen LogP contribution in [0.1, 0.15) is 26.7 Å². The molecule has 1 fully saturated rings. The van der Waals surface area contributed by atoms with Gasteiger partial charge >= 0.3 is 0 Å². The van der Waals surface area contributed by atoms with E-state index in [0.717, 1.165) is 13.1 Å². The first-order valence-corrected chi connectivity index (χ1v) is 6.70. The predicted octanol–water partition coefficient (Wildman–Crippen LogP) is 2.06. The average molecular weight is 249 g/mol. The first kappa shape index (κ1) is 13.1. The number of anilines is 1. The van der Waals surface area contributed by atoms with Crippen molar-refractivity contribution in [2.75, 3.05) is 25.1 Å². The minimum absolute atomic E-state index is 0.545. The molecule has 0 radical (unpaired) electrons. The van der Waals surface area contributed by atoms with E-state index in [1.165, 1.54) is 18.5 Å². The molecule has 1 aliphatic rings. The highest BCUT2D eigenvalue weighted by atomic mass is 16.5. The van der Waals surface area contributed by atoms with Crippen molar-refractivity contribution >= 4 is 5.69 Å². The van der Waals surface area contributed by atoms with Crippen molar-refractivity contribution in [3.8, 4) is 5.88 Å². The van der Waals surface area contributed by atoms with Gasteiger partial charge in [-0.2, -0.15) is 0 Å². The van der Waals surface area contributed by atoms with Gasteiger partial charge in [0, 0.05) is 31.2 Å². The van der Waals surface area contributed by atoms with Crippen LogP contribution in [0.3, 0.4) is 0 Å². The Hall–Kier alpha value is -1.29. The molecule has 0 saturated carbocycles. The fourth-order valence-electron chi connectivity index (χ4n) is 2.50. The van der Waals surface area contributed by atoms with E-state index < -0.39 is 0 Å². The summed E-state index contributed by atoms with van der Waals surface area (Å²) in [6.07, 6.45) is 4.39. The summed E-state index contributed by atoms with van der Waals surface area (Å²) in [5.41, 5.74) is 1.19. The summed E-state index contributed by atoms with van der Waals surface area (Å²) >= 11 is 0. The number of ether oxygens (including phenoxy) is 1. The van der Waals surface area contributed by atoms with Crippen molar-refractivity contribution in [3.63, 3.8) is 0 Å². The summed E-state index contributed by atoms with van der Waals surface area (Å²) < 4.78 is 5.09. The van der Waals surface area contributed by atoms with E-state index in [1.807, 2.05) is 12.3 Å². The quantitative estimate of drug-likeness (QED) is 0.886. The molecule has 4 nitrogen and oxygen atoms in total. The molecule has 100 valence electrons. The highest BCUT2D eigenvalue weighted by Crippen LogP contribution is 2.21. The van der Waals surface area contributed by atoms with Gasteiger partial charge in [-0.3, -0.25) is 0 Å². The lowest BCUT2D eigenvalue weighted by Crippen LogP contribution is -2.47. The van der Waals surface area contributed by atoms with Crippen molar-refractivity contribution in [3.05, 3.63) is 18.3 Å². The molecular weight excluding hydrogens is 226 g/mol. The third-order valence-corrected chi connectivity index (χ3v) is 3.29. The van der Waals surface area contributed by atoms with Crippen LogP contribution >= 0.6 is 0 Å². The molecule has 18 heavy (non-hydrogen) atoms. The fraction of sp³-hybridized carbons (Fsp3) is 0.643. The summed E-state index contributed by atoms with van der Waals surface area (Å²) in [6.45, 7) is 6.58. The molecule has 0 spiro atoms. The number of hydrogen-bond acceptors (Lipinski definition) is 4. The third-order valence-electron chi connectivity index (χ3n) is 3.29. The first-order chi connectivity index (χ1) is 8.69. The van der Waals surface area contributed by atoms with Crippen molar-refractivity contribution in [2.24, 2.45) is 0 Å². The second kappa shape index (κ2) is 6.05. The summed E-state index contributed by atoms with van der Waals surface area (Å²) in [6, 6.07) is 5.14. The maximum atomic E-state index is 5.09. The summed E-state index contributed by atoms with van der Waals surface area (Å²) in [5, 5.41) is 3.62. The Balaban J connectivity index is 1.98. The van der Waals surface area contributed by atoms with Crippen molar-refractivity contribution in [1.29, 1.82) is 0 Å². The zero-order valence-corrected chi connectivity index (χ0v) is 11.5. The van der Waals surface area contributed by atoms with Crippen LogP contribution in [0.2, 0.25) is 0 Å². The van der Waals surface area contributed by atoms with Crippen molar-refractivity contribution < 1.29 is 4.74 Å². The van der Waals surface area contributed by atoms with Gasteiger partial charge in [0.1, 0.15) is 0 Å². The average Bonchev–Trinajstić information content (AvgIpc) is 2.38. The van der Waals surface area contributed by atoms with Crippen molar-refractivity contribution in [2.45, 2.75) is 38.8 Å². The zero-order valence-electron chi connectivity index (χ0n) is 11.5. The molecule has 2 heterocycles. The van der Waals surface area contributed by atoms with Gasteiger partial charge < -0.3 is 15.0 Å². The number of aromatic nitrogens is 1. The van der Waals surface area contributed by atoms with Crippen molar-refractivity contribution in [1.82, 2.24) is 10.3 Å². The molecule has 1 aromatic heterocycles. The maximum absolute atomic E-state index is 5.09. The van der Waals surface area contributed by atoms with Gasteiger partial charge in [0.15, 0.2) is 0 Å². The van der Waals surface area contributed by atoms with Crippen LogP contribution in [0.4, 0.5) is 5.69 Å². The Morgan fingerprint density at radius 2 is 2.28 bits per heavy atom. The second-order valence-corrected chi connectivity index (χ2v) is 5.17. The van der Waals surface area contributed by atoms with Gasteiger partial charge in [-0.05, 0) is 18.9 Å². The van der Waals surface area contributed by atoms with Gasteiger partial charge in [-0.1, -0.05) is 13.8 Å². The van der Waals surface area contributed by atoms with Crippen LogP contribution in [0.25, 0.3) is 0 Å². The summed E-state index contributed by atoms with van der Waals surface area (Å²) in [5.74, 6) is 0.674. The van der Waals surface area contributed by atoms with E-state index in [9.17, 15) is 0 Å². The number of piperidine rings is 1. The highest BCUT2D eigenvalue weighted by Gasteiger charge is 2.20. The smallest absolute Gasteiger partial charge is 0.213 e. The summed E-state index contributed by atoms with van der Waals surface area (Å²) in [7, 11) is 1.64. The zero-order chi connectivity index (χ0) is 13.0. The molecular formula is C14H23N3O. The van der Waals surface area contributed by atoms with Crippen LogP contribution in [0.5, 0.6) is 5.88 Å². The number of hydrogen-bond donors (Lipinski definition) is 1. The van der Waals surface area contributed by atoms with Gasteiger partial charge in [-0.15, -0.1) is 0 Å². The monoisotopic (exact) mass is 249 g/mol. The van der Waals surface area contributed by atoms with E-state index >= 15 is 0 Å². The van der Waals surface area contributed by atoms with Crippen LogP contribution < -0.4 is 15.0 Å². The molecule has 0 aromatic carbocycles. The van der Waals surface area contributed by atoms with Crippen LogP contribution in [-0.2, 0) is 0 Å². The number of nitrogens with one attached hydrogen (secondary N) is 1. The molecule has 4 heteroatoms. The number of methoxy groups -OCH3 is 1. The standard InChI is InChI=1S/C14H23N3O/c1-11(2)16-12-5-4-8-17(10-12)13-6-7-14(18-3)15-9-13/h6-7,9,11-12,16H,4-5,8,10H2,1-3H3. The summed E-state index contributed by atoms with van der Waals surface area (Å²) in [4.78, 5) is 6.67. The molecule has 1 aromatic rings. The number of pyridine rings is 1. The van der Waals surface area contributed by atoms with Crippen LogP contribution in [-0.4, -0.2) is 37.3 Å². The lowest BCUT2D eigenvalue weighted by Gasteiger charge is -2.35. The second-order valence-electron chi connectivity index (χ2n) is 5.17. The largest absolute Gasteiger partial charge is 0.481 e. The van der Waals surface area contributed by atoms with Gasteiger partial charge in [0.25, 0.3) is 0 Å². The van der Waals surface area contributed by atoms with Crippen LogP contribution in [0.15, 0.2) is 18.3 Å². The Bertz CT molecular complexity index is 364. The topological polar surface area (TPSA) is 37.4 Å². The lowest BCUT2D eigenvalue weighted by molar-refractivity contribution is 0.391. The molecule has 0 aliphatic carbocycles. The molecule has 1 saturated heterocycles. The molecule has 2 rings (SSSR count). The maximum Gasteiger partial charge on any atom is 0.213 e. The Kier molecular flexibility index (Phi) is 4.42. The third kappa shape index (κ3) is 3.35. The fourth-order valence-corrected chi connectivity index (χ4v) is 2.50. The van der Waals surface area contributed by atoms with E-state index in [1.54, 1.807) is 7.11 Å². The molecule has 1 N–H and O–H groups in total. The van der Waals surface area contributed by atoms with E-state index in [0.29, 0.717) is 18.0 Å². The molecule has 1 aliphatic heterocycles. The highest BCUT2D eigenvalue weighted by molar-refractivity contribution is 5.46. The van der Waals surface area contributed by atoms with Gasteiger partial charge in [-0.25, -0.2) is 4.98 Å². The Morgan fingerprint density at radius 1 is 1.44 bits per heavy atom. The minimum Gasteiger partial charge on any atom is -0.481 e. The normalized spacial score (nSPS) is 20.2. The van der Waals surface area contributed by atoms with Gasteiger partial charge in [0.05, 0.1) is 19.0 Å². The Morgan fingerprint density at radius 3 is 2.89 bits per heavy atom. The SMILES string of the molecule is COc1ccc(N2CCCC(NC(C)C)C2)cn1. The first-order valence-electron chi connectivity index (χ1n) is 6.70. The van der Waals surface area contributed by atoms with E-state index in [2.05, 4.69) is 35.1 Å². The minimum atomic E-state index is 0.545. The van der Waals surface area contributed by atoms with E-state index in [-0.39, 0.29) is 0 Å². The van der Waals surface area contributed by atoms with Crippen LogP contribution in [0, 0.1) is 0 Å².